The molecule has 0 radical (unpaired) electrons. The molecule has 1 aliphatic rings. The molecule has 0 aromatic carbocycles. The highest BCUT2D eigenvalue weighted by Crippen LogP contribution is 2.08. The Morgan fingerprint density at radius 2 is 1.83 bits per heavy atom. The van der Waals surface area contributed by atoms with Crippen LogP contribution in [-0.4, -0.2) is 28.4 Å². The van der Waals surface area contributed by atoms with Crippen molar-refractivity contribution in [3.05, 3.63) is 11.8 Å². The van der Waals surface area contributed by atoms with Gasteiger partial charge in [0.1, 0.15) is 0 Å². The van der Waals surface area contributed by atoms with E-state index in [0.29, 0.717) is 0 Å². The Morgan fingerprint density at radius 3 is 2.33 bits per heavy atom. The predicted molar refractivity (Wildman–Crippen MR) is 55.0 cm³/mol. The fourth-order valence-corrected chi connectivity index (χ4v) is 1.92. The van der Waals surface area contributed by atoms with Gasteiger partial charge in [-0.25, -0.2) is 0 Å². The maximum absolute atomic E-state index is 5.31. The minimum atomic E-state index is -1.02. The van der Waals surface area contributed by atoms with E-state index in [9.17, 15) is 0 Å². The average Bonchev–Trinajstić information content (AvgIpc) is 2.36. The Labute approximate surface area is 76.1 Å². The minimum absolute atomic E-state index is 0.0256. The van der Waals surface area contributed by atoms with Crippen LogP contribution in [-0.2, 0) is 9.31 Å². The van der Waals surface area contributed by atoms with Crippen LogP contribution in [0, 0.1) is 0 Å². The molecular formula is C8H17BO2Si. The van der Waals surface area contributed by atoms with Crippen molar-refractivity contribution < 1.29 is 9.31 Å². The SMILES string of the molecule is C[Si](C)(C)/C=C/CB1OCCO1. The first kappa shape index (κ1) is 10.0. The van der Waals surface area contributed by atoms with Crippen LogP contribution in [0.3, 0.4) is 0 Å². The summed E-state index contributed by atoms with van der Waals surface area (Å²) in [6, 6.07) is 0. The molecule has 0 spiro atoms. The molecule has 1 rings (SSSR count). The van der Waals surface area contributed by atoms with Crippen LogP contribution in [0.4, 0.5) is 0 Å². The lowest BCUT2D eigenvalue weighted by atomic mass is 9.86. The van der Waals surface area contributed by atoms with Crippen molar-refractivity contribution in [3.8, 4) is 0 Å². The summed E-state index contributed by atoms with van der Waals surface area (Å²) in [6.45, 7) is 8.47. The van der Waals surface area contributed by atoms with Gasteiger partial charge in [0.05, 0.1) is 21.3 Å². The third-order valence-corrected chi connectivity index (χ3v) is 2.87. The van der Waals surface area contributed by atoms with E-state index in [2.05, 4.69) is 31.4 Å². The standard InChI is InChI=1S/C8H17BO2Si/c1-12(2,3)8-4-5-9-10-6-7-11-9/h4,8H,5-7H2,1-3H3/b8-4+. The molecule has 1 aliphatic heterocycles. The van der Waals surface area contributed by atoms with E-state index >= 15 is 0 Å². The maximum atomic E-state index is 5.31. The van der Waals surface area contributed by atoms with E-state index in [-0.39, 0.29) is 7.12 Å². The summed E-state index contributed by atoms with van der Waals surface area (Å²) in [5, 5.41) is 0. The maximum Gasteiger partial charge on any atom is 0.460 e. The third kappa shape index (κ3) is 4.09. The molecule has 1 fully saturated rings. The van der Waals surface area contributed by atoms with Crippen molar-refractivity contribution >= 4 is 15.2 Å². The minimum Gasteiger partial charge on any atom is -0.409 e. The second-order valence-electron chi connectivity index (χ2n) is 4.18. The van der Waals surface area contributed by atoms with E-state index < -0.39 is 8.07 Å². The molecule has 2 nitrogen and oxygen atoms in total. The van der Waals surface area contributed by atoms with Crippen LogP contribution >= 0.6 is 0 Å². The van der Waals surface area contributed by atoms with Gasteiger partial charge in [0.25, 0.3) is 0 Å². The summed E-state index contributed by atoms with van der Waals surface area (Å²) in [5.74, 6) is 0. The Kier molecular flexibility index (Phi) is 3.56. The highest BCUT2D eigenvalue weighted by atomic mass is 28.3. The van der Waals surface area contributed by atoms with Crippen molar-refractivity contribution in [2.45, 2.75) is 26.0 Å². The number of rotatable bonds is 3. The summed E-state index contributed by atoms with van der Waals surface area (Å²) < 4.78 is 10.6. The Hall–Kier alpha value is -0.0582. The second-order valence-corrected chi connectivity index (χ2v) is 9.24. The second kappa shape index (κ2) is 4.26. The highest BCUT2D eigenvalue weighted by Gasteiger charge is 2.21. The molecule has 68 valence electrons. The fraction of sp³-hybridized carbons (Fsp3) is 0.750. The van der Waals surface area contributed by atoms with Gasteiger partial charge in [0, 0.05) is 0 Å². The lowest BCUT2D eigenvalue weighted by molar-refractivity contribution is 0.365. The first-order chi connectivity index (χ1) is 5.58. The zero-order valence-electron chi connectivity index (χ0n) is 8.17. The summed E-state index contributed by atoms with van der Waals surface area (Å²) >= 11 is 0. The van der Waals surface area contributed by atoms with Crippen molar-refractivity contribution in [1.82, 2.24) is 0 Å². The Balaban J connectivity index is 2.20. The molecule has 0 aromatic rings. The molecule has 0 aliphatic carbocycles. The van der Waals surface area contributed by atoms with Gasteiger partial charge in [-0.1, -0.05) is 31.4 Å². The molecule has 0 N–H and O–H groups in total. The number of hydrogen-bond donors (Lipinski definition) is 0. The van der Waals surface area contributed by atoms with Gasteiger partial charge < -0.3 is 9.31 Å². The van der Waals surface area contributed by atoms with Crippen molar-refractivity contribution in [3.63, 3.8) is 0 Å². The van der Waals surface area contributed by atoms with Crippen LogP contribution in [0.15, 0.2) is 11.8 Å². The molecule has 0 aromatic heterocycles. The summed E-state index contributed by atoms with van der Waals surface area (Å²) in [6.07, 6.45) is 3.10. The zero-order valence-corrected chi connectivity index (χ0v) is 9.17. The van der Waals surface area contributed by atoms with Crippen LogP contribution in [0.25, 0.3) is 0 Å². The Bertz CT molecular complexity index is 159. The first-order valence-electron chi connectivity index (χ1n) is 4.49. The largest absolute Gasteiger partial charge is 0.460 e. The molecule has 1 heterocycles. The van der Waals surface area contributed by atoms with Crippen LogP contribution in [0.5, 0.6) is 0 Å². The molecule has 1 saturated heterocycles. The van der Waals surface area contributed by atoms with Gasteiger partial charge >= 0.3 is 7.12 Å². The first-order valence-corrected chi connectivity index (χ1v) is 8.06. The number of hydrogen-bond acceptors (Lipinski definition) is 2. The van der Waals surface area contributed by atoms with E-state index in [1.807, 2.05) is 0 Å². The molecule has 0 unspecified atom stereocenters. The lowest BCUT2D eigenvalue weighted by Gasteiger charge is -2.08. The lowest BCUT2D eigenvalue weighted by Crippen LogP contribution is -2.17. The van der Waals surface area contributed by atoms with Crippen molar-refractivity contribution in [2.24, 2.45) is 0 Å². The van der Waals surface area contributed by atoms with Gasteiger partial charge in [-0.3, -0.25) is 0 Å². The van der Waals surface area contributed by atoms with E-state index in [4.69, 9.17) is 9.31 Å². The topological polar surface area (TPSA) is 18.5 Å². The van der Waals surface area contributed by atoms with Crippen molar-refractivity contribution in [1.29, 1.82) is 0 Å². The van der Waals surface area contributed by atoms with Gasteiger partial charge in [-0.05, 0) is 6.32 Å². The van der Waals surface area contributed by atoms with Crippen LogP contribution < -0.4 is 0 Å². The highest BCUT2D eigenvalue weighted by molar-refractivity contribution is 6.81. The molecular weight excluding hydrogens is 167 g/mol. The zero-order chi connectivity index (χ0) is 9.03. The molecule has 0 atom stereocenters. The monoisotopic (exact) mass is 184 g/mol. The molecule has 0 saturated carbocycles. The molecule has 4 heteroatoms. The summed E-state index contributed by atoms with van der Waals surface area (Å²) in [5.41, 5.74) is 2.33. The smallest absolute Gasteiger partial charge is 0.409 e. The molecule has 12 heavy (non-hydrogen) atoms. The molecule has 0 bridgehead atoms. The van der Waals surface area contributed by atoms with Gasteiger partial charge in [-0.2, -0.15) is 0 Å². The summed E-state index contributed by atoms with van der Waals surface area (Å²) in [7, 11) is -0.995. The van der Waals surface area contributed by atoms with Gasteiger partial charge in [0.15, 0.2) is 0 Å². The van der Waals surface area contributed by atoms with Gasteiger partial charge in [0.2, 0.25) is 0 Å². The quantitative estimate of drug-likeness (QED) is 0.624. The van der Waals surface area contributed by atoms with Gasteiger partial charge in [-0.15, -0.1) is 0 Å². The normalized spacial score (nSPS) is 19.4. The molecule has 0 amide bonds. The van der Waals surface area contributed by atoms with E-state index in [1.165, 1.54) is 0 Å². The van der Waals surface area contributed by atoms with E-state index in [1.54, 1.807) is 0 Å². The average molecular weight is 184 g/mol. The van der Waals surface area contributed by atoms with Crippen LogP contribution in [0.2, 0.25) is 26.0 Å². The van der Waals surface area contributed by atoms with Crippen LogP contribution in [0.1, 0.15) is 0 Å². The fourth-order valence-electron chi connectivity index (χ4n) is 1.08. The third-order valence-electron chi connectivity index (χ3n) is 1.64. The summed E-state index contributed by atoms with van der Waals surface area (Å²) in [4.78, 5) is 0. The predicted octanol–water partition coefficient (Wildman–Crippen LogP) is 1.95. The number of allylic oxidation sites excluding steroid dienone is 1. The van der Waals surface area contributed by atoms with Crippen molar-refractivity contribution in [2.75, 3.05) is 13.2 Å². The van der Waals surface area contributed by atoms with E-state index in [0.717, 1.165) is 19.5 Å². The Morgan fingerprint density at radius 1 is 1.25 bits per heavy atom.